The first kappa shape index (κ1) is 39.6. The van der Waals surface area contributed by atoms with E-state index in [1.54, 1.807) is 0 Å². The molecule has 0 aromatic rings. The predicted molar refractivity (Wildman–Crippen MR) is 178 cm³/mol. The minimum Gasteiger partial charge on any atom is -0.481 e. The van der Waals surface area contributed by atoms with Crippen LogP contribution in [-0.4, -0.2) is 87.5 Å². The lowest BCUT2D eigenvalue weighted by atomic mass is 10.2. The highest BCUT2D eigenvalue weighted by Crippen LogP contribution is 2.22. The Morgan fingerprint density at radius 1 is 0.500 bits per heavy atom. The van der Waals surface area contributed by atoms with Gasteiger partial charge in [-0.05, 0) is 81.5 Å². The van der Waals surface area contributed by atoms with Crippen LogP contribution in [0.4, 0.5) is 0 Å². The maximum Gasteiger partial charge on any atom is 0.303 e. The quantitative estimate of drug-likeness (QED) is 0.0849. The second-order valence-electron chi connectivity index (χ2n) is 12.9. The Morgan fingerprint density at radius 2 is 0.750 bits per heavy atom. The average Bonchev–Trinajstić information content (AvgIpc) is 2.82. The predicted octanol–water partition coefficient (Wildman–Crippen LogP) is 4.54. The van der Waals surface area contributed by atoms with Gasteiger partial charge in [-0.15, -0.1) is 0 Å². The van der Waals surface area contributed by atoms with E-state index >= 15 is 0 Å². The standard InChI is InChI=1S/C25H58O9Si6/c1-38(2,19-13-7-10-16-22(26)27)32-35-25(36-33-39(3,4)20-14-8-11-17-23(28)29)37-34-40(5,6)21-15-9-12-18-24(30)31/h25H,7-21,35-37H2,1-6H3,(H,26,27)(H,28,29)(H,30,31). The van der Waals surface area contributed by atoms with E-state index in [9.17, 15) is 14.4 Å². The molecule has 9 nitrogen and oxygen atoms in total. The van der Waals surface area contributed by atoms with Crippen LogP contribution in [0.15, 0.2) is 0 Å². The number of hydrogen-bond donors (Lipinski definition) is 3. The van der Waals surface area contributed by atoms with Gasteiger partial charge in [0.1, 0.15) is 29.3 Å². The molecule has 236 valence electrons. The van der Waals surface area contributed by atoms with Crippen molar-refractivity contribution in [3.8, 4) is 0 Å². The number of aliphatic carboxylic acids is 3. The van der Waals surface area contributed by atoms with Crippen molar-refractivity contribution in [2.24, 2.45) is 0 Å². The molecule has 0 bridgehead atoms. The highest BCUT2D eigenvalue weighted by atomic mass is 28.4. The molecule has 0 aliphatic carbocycles. The van der Waals surface area contributed by atoms with Crippen LogP contribution in [0.25, 0.3) is 0 Å². The minimum absolute atomic E-state index is 0.240. The summed E-state index contributed by atoms with van der Waals surface area (Å²) in [6, 6.07) is 3.18. The third kappa shape index (κ3) is 25.3. The molecule has 0 aromatic heterocycles. The first-order valence-electron chi connectivity index (χ1n) is 15.1. The van der Waals surface area contributed by atoms with Crippen molar-refractivity contribution in [1.82, 2.24) is 0 Å². The SMILES string of the molecule is C[Si](C)(CCCCCC(=O)O)O[SiH2]C([SiH2]O[Si](C)(C)CCCCCC(=O)O)[SiH2]O[Si](C)(C)CCCCCC(=O)O. The molecule has 0 atom stereocenters. The number of hydrogen-bond acceptors (Lipinski definition) is 6. The third-order valence-electron chi connectivity index (χ3n) is 7.14. The topological polar surface area (TPSA) is 140 Å². The summed E-state index contributed by atoms with van der Waals surface area (Å²) in [5.74, 6) is -2.18. The summed E-state index contributed by atoms with van der Waals surface area (Å²) in [5.41, 5.74) is 0. The van der Waals surface area contributed by atoms with Crippen molar-refractivity contribution in [3.05, 3.63) is 0 Å². The first-order chi connectivity index (χ1) is 18.5. The summed E-state index contributed by atoms with van der Waals surface area (Å²) in [7, 11) is -7.75. The number of carboxylic acid groups (broad SMARTS) is 3. The summed E-state index contributed by atoms with van der Waals surface area (Å²) in [6.07, 6.45) is 8.79. The van der Waals surface area contributed by atoms with Crippen LogP contribution >= 0.6 is 0 Å². The first-order valence-corrected chi connectivity index (χ1v) is 28.6. The van der Waals surface area contributed by atoms with Crippen molar-refractivity contribution < 1.29 is 42.0 Å². The monoisotopic (exact) mass is 670 g/mol. The molecule has 40 heavy (non-hydrogen) atoms. The molecule has 0 heterocycles. The summed E-state index contributed by atoms with van der Waals surface area (Å²) >= 11 is 0. The second kappa shape index (κ2) is 21.3. The van der Waals surface area contributed by atoms with Crippen molar-refractivity contribution >= 4 is 72.1 Å². The van der Waals surface area contributed by atoms with Gasteiger partial charge < -0.3 is 27.7 Å². The number of unbranched alkanes of at least 4 members (excludes halogenated alkanes) is 6. The summed E-state index contributed by atoms with van der Waals surface area (Å²) < 4.78 is 20.1. The summed E-state index contributed by atoms with van der Waals surface area (Å²) in [5, 5.41) is 26.6. The van der Waals surface area contributed by atoms with E-state index in [0.29, 0.717) is 4.79 Å². The molecule has 3 N–H and O–H groups in total. The molecule has 0 aliphatic rings. The lowest BCUT2D eigenvalue weighted by Gasteiger charge is -2.31. The van der Waals surface area contributed by atoms with Gasteiger partial charge in [0.05, 0.1) is 0 Å². The van der Waals surface area contributed by atoms with Gasteiger partial charge >= 0.3 is 17.9 Å². The number of rotatable bonds is 27. The van der Waals surface area contributed by atoms with E-state index in [1.165, 1.54) is 0 Å². The van der Waals surface area contributed by atoms with Crippen LogP contribution in [0.5, 0.6) is 0 Å². The van der Waals surface area contributed by atoms with E-state index in [4.69, 9.17) is 27.7 Å². The van der Waals surface area contributed by atoms with Crippen molar-refractivity contribution in [2.45, 2.75) is 139 Å². The molecule has 0 aliphatic heterocycles. The molecule has 0 spiro atoms. The Hall–Kier alpha value is -0.409. The molecular formula is C25H58O9Si6. The molecule has 0 saturated heterocycles. The summed E-state index contributed by atoms with van der Waals surface area (Å²) in [6.45, 7) is 13.7. The zero-order chi connectivity index (χ0) is 30.7. The van der Waals surface area contributed by atoms with Crippen LogP contribution in [0.1, 0.15) is 77.0 Å². The van der Waals surface area contributed by atoms with Crippen LogP contribution in [0.3, 0.4) is 0 Å². The molecule has 0 aromatic carbocycles. The molecule has 0 unspecified atom stereocenters. The number of carbonyl (C=O) groups is 3. The maximum absolute atomic E-state index is 10.8. The molecule has 0 rings (SSSR count). The highest BCUT2D eigenvalue weighted by Gasteiger charge is 2.30. The minimum atomic E-state index is -1.80. The van der Waals surface area contributed by atoms with Crippen molar-refractivity contribution in [1.29, 1.82) is 0 Å². The Labute approximate surface area is 252 Å². The second-order valence-corrected chi connectivity index (χ2v) is 36.4. The molecule has 0 saturated carbocycles. The lowest BCUT2D eigenvalue weighted by Crippen LogP contribution is -2.42. The van der Waals surface area contributed by atoms with Crippen LogP contribution in [0, 0.1) is 0 Å². The van der Waals surface area contributed by atoms with E-state index in [2.05, 4.69) is 39.3 Å². The van der Waals surface area contributed by atoms with E-state index < -0.39 is 72.1 Å². The zero-order valence-electron chi connectivity index (χ0n) is 26.1. The van der Waals surface area contributed by atoms with Crippen LogP contribution in [0.2, 0.25) is 62.2 Å². The van der Waals surface area contributed by atoms with Crippen molar-refractivity contribution in [2.75, 3.05) is 0 Å². The number of carboxylic acids is 3. The zero-order valence-corrected chi connectivity index (χ0v) is 33.3. The average molecular weight is 671 g/mol. The lowest BCUT2D eigenvalue weighted by molar-refractivity contribution is -0.138. The van der Waals surface area contributed by atoms with Crippen LogP contribution in [-0.2, 0) is 26.7 Å². The summed E-state index contributed by atoms with van der Waals surface area (Å²) in [4.78, 5) is 32.8. The normalized spacial score (nSPS) is 14.2. The maximum atomic E-state index is 10.8. The fourth-order valence-electron chi connectivity index (χ4n) is 4.40. The van der Waals surface area contributed by atoms with Gasteiger partial charge in [0.2, 0.25) is 0 Å². The molecule has 15 heteroatoms. The smallest absolute Gasteiger partial charge is 0.303 e. The Bertz CT molecular complexity index is 642. The molecular weight excluding hydrogens is 613 g/mol. The van der Waals surface area contributed by atoms with Gasteiger partial charge in [0, 0.05) is 19.3 Å². The van der Waals surface area contributed by atoms with Gasteiger partial charge in [-0.25, -0.2) is 0 Å². The van der Waals surface area contributed by atoms with E-state index in [1.807, 2.05) is 0 Å². The Balaban J connectivity index is 4.88. The van der Waals surface area contributed by atoms with Gasteiger partial charge in [0.25, 0.3) is 0 Å². The molecule has 0 radical (unpaired) electrons. The van der Waals surface area contributed by atoms with E-state index in [0.717, 1.165) is 75.9 Å². The fraction of sp³-hybridized carbons (Fsp3) is 0.880. The fourth-order valence-corrected chi connectivity index (χ4v) is 25.2. The third-order valence-corrected chi connectivity index (χ3v) is 28.8. The Kier molecular flexibility index (Phi) is 21.1. The van der Waals surface area contributed by atoms with E-state index in [-0.39, 0.29) is 19.3 Å². The largest absolute Gasteiger partial charge is 0.481 e. The Morgan fingerprint density at radius 3 is 0.975 bits per heavy atom. The highest BCUT2D eigenvalue weighted by molar-refractivity contribution is 6.85. The van der Waals surface area contributed by atoms with Gasteiger partial charge in [0.15, 0.2) is 25.0 Å². The van der Waals surface area contributed by atoms with Crippen LogP contribution < -0.4 is 0 Å². The van der Waals surface area contributed by atoms with Gasteiger partial charge in [-0.1, -0.05) is 38.5 Å². The molecule has 0 fully saturated rings. The molecule has 0 amide bonds. The van der Waals surface area contributed by atoms with Crippen molar-refractivity contribution in [3.63, 3.8) is 0 Å². The van der Waals surface area contributed by atoms with Gasteiger partial charge in [-0.3, -0.25) is 14.4 Å². The van der Waals surface area contributed by atoms with Gasteiger partial charge in [-0.2, -0.15) is 0 Å².